The lowest BCUT2D eigenvalue weighted by Crippen LogP contribution is -2.19. The molecular formula is C10H12O2. The average Bonchev–Trinajstić information content (AvgIpc) is 2.61. The topological polar surface area (TPSA) is 26.3 Å². The van der Waals surface area contributed by atoms with Crippen LogP contribution in [-0.4, -0.2) is 18.5 Å². The summed E-state index contributed by atoms with van der Waals surface area (Å²) < 4.78 is 5.62. The van der Waals surface area contributed by atoms with E-state index in [2.05, 4.69) is 0 Å². The predicted octanol–water partition coefficient (Wildman–Crippen LogP) is 1.45. The zero-order chi connectivity index (χ0) is 8.13. The quantitative estimate of drug-likeness (QED) is 0.541. The molecule has 2 heteroatoms. The molecule has 0 unspecified atom stereocenters. The van der Waals surface area contributed by atoms with E-state index in [-0.39, 0.29) is 0 Å². The zero-order valence-corrected chi connectivity index (χ0v) is 7.01. The van der Waals surface area contributed by atoms with Gasteiger partial charge in [-0.3, -0.25) is 4.79 Å². The van der Waals surface area contributed by atoms with Crippen LogP contribution in [0, 0.1) is 5.92 Å². The van der Waals surface area contributed by atoms with Crippen molar-refractivity contribution in [2.75, 3.05) is 6.61 Å². The lowest BCUT2D eigenvalue weighted by atomic mass is 10.0. The van der Waals surface area contributed by atoms with Gasteiger partial charge < -0.3 is 4.74 Å². The van der Waals surface area contributed by atoms with E-state index in [1.807, 2.05) is 0 Å². The molecule has 3 aliphatic rings. The molecular weight excluding hydrogens is 152 g/mol. The fourth-order valence-electron chi connectivity index (χ4n) is 2.85. The fraction of sp³-hybridized carbons (Fsp3) is 0.700. The van der Waals surface area contributed by atoms with Gasteiger partial charge in [-0.2, -0.15) is 0 Å². The Hall–Kier alpha value is -0.630. The first-order valence-electron chi connectivity index (χ1n) is 4.74. The first-order chi connectivity index (χ1) is 5.86. The Morgan fingerprint density at radius 3 is 3.17 bits per heavy atom. The van der Waals surface area contributed by atoms with E-state index >= 15 is 0 Å². The number of ketones is 1. The number of ether oxygens (including phenoxy) is 1. The van der Waals surface area contributed by atoms with E-state index < -0.39 is 0 Å². The predicted molar refractivity (Wildman–Crippen MR) is 43.7 cm³/mol. The van der Waals surface area contributed by atoms with Crippen LogP contribution in [0.5, 0.6) is 0 Å². The third-order valence-electron chi connectivity index (χ3n) is 3.35. The maximum absolute atomic E-state index is 11.5. The van der Waals surface area contributed by atoms with E-state index in [0.29, 0.717) is 17.8 Å². The second-order valence-electron chi connectivity index (χ2n) is 3.94. The van der Waals surface area contributed by atoms with Crippen molar-refractivity contribution in [2.45, 2.75) is 31.8 Å². The summed E-state index contributed by atoms with van der Waals surface area (Å²) in [6.45, 7) is 0.766. The van der Waals surface area contributed by atoms with E-state index in [4.69, 9.17) is 4.74 Å². The number of rotatable bonds is 0. The molecule has 0 N–H and O–H groups in total. The highest BCUT2D eigenvalue weighted by Gasteiger charge is 2.42. The van der Waals surface area contributed by atoms with Gasteiger partial charge >= 0.3 is 0 Å². The van der Waals surface area contributed by atoms with Crippen LogP contribution in [0.4, 0.5) is 0 Å². The molecule has 0 spiro atoms. The molecule has 64 valence electrons. The van der Waals surface area contributed by atoms with Crippen LogP contribution >= 0.6 is 0 Å². The lowest BCUT2D eigenvalue weighted by Gasteiger charge is -2.20. The van der Waals surface area contributed by atoms with Crippen LogP contribution in [0.15, 0.2) is 11.1 Å². The molecule has 0 radical (unpaired) electrons. The average molecular weight is 164 g/mol. The molecule has 1 fully saturated rings. The SMILES string of the molecule is O=C1C[C@H]2CC[C@H]3OCCC1=C23. The Balaban J connectivity index is 2.10. The van der Waals surface area contributed by atoms with Crippen LogP contribution in [0.3, 0.4) is 0 Å². The summed E-state index contributed by atoms with van der Waals surface area (Å²) in [5, 5.41) is 0. The second kappa shape index (κ2) is 2.19. The van der Waals surface area contributed by atoms with Crippen molar-refractivity contribution in [2.24, 2.45) is 5.92 Å². The van der Waals surface area contributed by atoms with Gasteiger partial charge in [-0.05, 0) is 36.3 Å². The van der Waals surface area contributed by atoms with Gasteiger partial charge in [0.15, 0.2) is 5.78 Å². The summed E-state index contributed by atoms with van der Waals surface area (Å²) in [5.74, 6) is 0.973. The first kappa shape index (κ1) is 6.84. The number of Topliss-reactive ketones (excluding diaryl/α,β-unsaturated/α-hetero) is 1. The van der Waals surface area contributed by atoms with Gasteiger partial charge in [-0.25, -0.2) is 0 Å². The normalized spacial score (nSPS) is 39.2. The largest absolute Gasteiger partial charge is 0.373 e. The molecule has 2 nitrogen and oxygen atoms in total. The minimum Gasteiger partial charge on any atom is -0.373 e. The Labute approximate surface area is 71.6 Å². The highest BCUT2D eigenvalue weighted by atomic mass is 16.5. The van der Waals surface area contributed by atoms with Crippen LogP contribution < -0.4 is 0 Å². The Bertz CT molecular complexity index is 278. The molecule has 1 saturated carbocycles. The van der Waals surface area contributed by atoms with Crippen LogP contribution in [0.2, 0.25) is 0 Å². The smallest absolute Gasteiger partial charge is 0.159 e. The Kier molecular flexibility index (Phi) is 1.25. The van der Waals surface area contributed by atoms with E-state index in [1.165, 1.54) is 12.0 Å². The molecule has 3 rings (SSSR count). The Morgan fingerprint density at radius 1 is 1.33 bits per heavy atom. The van der Waals surface area contributed by atoms with Gasteiger partial charge in [-0.15, -0.1) is 0 Å². The van der Waals surface area contributed by atoms with E-state index in [1.54, 1.807) is 0 Å². The highest BCUT2D eigenvalue weighted by molar-refractivity contribution is 5.99. The maximum atomic E-state index is 11.5. The molecule has 0 saturated heterocycles. The van der Waals surface area contributed by atoms with Gasteiger partial charge in [0.1, 0.15) is 0 Å². The molecule has 1 heterocycles. The minimum atomic E-state index is 0.324. The van der Waals surface area contributed by atoms with Crippen molar-refractivity contribution in [1.82, 2.24) is 0 Å². The second-order valence-corrected chi connectivity index (χ2v) is 3.94. The minimum absolute atomic E-state index is 0.324. The summed E-state index contributed by atoms with van der Waals surface area (Å²) in [5.41, 5.74) is 2.51. The number of carbonyl (C=O) groups is 1. The molecule has 12 heavy (non-hydrogen) atoms. The van der Waals surface area contributed by atoms with Crippen molar-refractivity contribution < 1.29 is 9.53 Å². The van der Waals surface area contributed by atoms with Crippen molar-refractivity contribution in [3.63, 3.8) is 0 Å². The van der Waals surface area contributed by atoms with Crippen LogP contribution in [-0.2, 0) is 9.53 Å². The summed E-state index contributed by atoms with van der Waals surface area (Å²) in [4.78, 5) is 11.5. The maximum Gasteiger partial charge on any atom is 0.159 e. The highest BCUT2D eigenvalue weighted by Crippen LogP contribution is 2.46. The first-order valence-corrected chi connectivity index (χ1v) is 4.74. The Morgan fingerprint density at radius 2 is 2.25 bits per heavy atom. The third-order valence-corrected chi connectivity index (χ3v) is 3.35. The van der Waals surface area contributed by atoms with Gasteiger partial charge in [0, 0.05) is 6.42 Å². The summed E-state index contributed by atoms with van der Waals surface area (Å²) in [6, 6.07) is 0. The van der Waals surface area contributed by atoms with Crippen molar-refractivity contribution in [1.29, 1.82) is 0 Å². The van der Waals surface area contributed by atoms with E-state index in [0.717, 1.165) is 31.4 Å². The summed E-state index contributed by atoms with van der Waals surface area (Å²) in [7, 11) is 0. The zero-order valence-electron chi connectivity index (χ0n) is 7.01. The fourth-order valence-corrected chi connectivity index (χ4v) is 2.85. The van der Waals surface area contributed by atoms with Gasteiger partial charge in [-0.1, -0.05) is 0 Å². The molecule has 0 aromatic rings. The van der Waals surface area contributed by atoms with E-state index in [9.17, 15) is 4.79 Å². The monoisotopic (exact) mass is 164 g/mol. The van der Waals surface area contributed by atoms with Crippen molar-refractivity contribution >= 4 is 5.78 Å². The number of carbonyl (C=O) groups excluding carboxylic acids is 1. The lowest BCUT2D eigenvalue weighted by molar-refractivity contribution is -0.115. The molecule has 0 amide bonds. The van der Waals surface area contributed by atoms with Crippen LogP contribution in [0.1, 0.15) is 25.7 Å². The molecule has 0 bridgehead atoms. The summed E-state index contributed by atoms with van der Waals surface area (Å²) >= 11 is 0. The summed E-state index contributed by atoms with van der Waals surface area (Å²) in [6.07, 6.45) is 4.31. The van der Waals surface area contributed by atoms with Crippen LogP contribution in [0.25, 0.3) is 0 Å². The third kappa shape index (κ3) is 0.712. The van der Waals surface area contributed by atoms with Crippen molar-refractivity contribution in [3.8, 4) is 0 Å². The number of hydrogen-bond donors (Lipinski definition) is 0. The molecule has 0 aromatic carbocycles. The van der Waals surface area contributed by atoms with Gasteiger partial charge in [0.25, 0.3) is 0 Å². The molecule has 0 aromatic heterocycles. The van der Waals surface area contributed by atoms with Crippen molar-refractivity contribution in [3.05, 3.63) is 11.1 Å². The molecule has 2 atom stereocenters. The molecule has 1 aliphatic heterocycles. The standard InChI is InChI=1S/C10H12O2/c11-8-5-6-1-2-9-10(6)7(8)3-4-12-9/h6,9H,1-5H2/t6-,9-/m1/s1. The number of hydrogen-bond acceptors (Lipinski definition) is 2. The van der Waals surface area contributed by atoms with Gasteiger partial charge in [0.2, 0.25) is 0 Å². The van der Waals surface area contributed by atoms with Gasteiger partial charge in [0.05, 0.1) is 12.7 Å². The molecule has 2 aliphatic carbocycles.